The number of ether oxygens (including phenoxy) is 3. The number of hydrogen-bond donors (Lipinski definition) is 3. The molecular formula is C25H35N3O7. The predicted octanol–water partition coefficient (Wildman–Crippen LogP) is 1.60. The lowest BCUT2D eigenvalue weighted by atomic mass is 9.99. The SMILES string of the molecule is CC(C)(C)OC(=O)N1C[C@@H]2C[C@H]1C(=O)NC[C@H]1O[C@H](CCOc3ccccc3C(=O)N2)CC[C@@H]1O. The number of aliphatic hydroxyl groups excluding tert-OH is 1. The van der Waals surface area contributed by atoms with E-state index >= 15 is 0 Å². The Morgan fingerprint density at radius 3 is 2.71 bits per heavy atom. The van der Waals surface area contributed by atoms with Crippen molar-refractivity contribution in [3.05, 3.63) is 29.8 Å². The van der Waals surface area contributed by atoms with Gasteiger partial charge in [-0.05, 0) is 52.2 Å². The summed E-state index contributed by atoms with van der Waals surface area (Å²) < 4.78 is 17.5. The molecular weight excluding hydrogens is 454 g/mol. The smallest absolute Gasteiger partial charge is 0.411 e. The van der Waals surface area contributed by atoms with Crippen LogP contribution in [0, 0.1) is 0 Å². The maximum atomic E-state index is 13.2. The molecule has 4 rings (SSSR count). The van der Waals surface area contributed by atoms with Crippen LogP contribution in [-0.2, 0) is 14.3 Å². The average molecular weight is 490 g/mol. The Hall–Kier alpha value is -2.85. The van der Waals surface area contributed by atoms with Crippen molar-refractivity contribution < 1.29 is 33.7 Å². The highest BCUT2D eigenvalue weighted by Crippen LogP contribution is 2.26. The summed E-state index contributed by atoms with van der Waals surface area (Å²) in [5, 5.41) is 16.2. The molecule has 192 valence electrons. The fourth-order valence-corrected chi connectivity index (χ4v) is 4.72. The topological polar surface area (TPSA) is 126 Å². The molecule has 2 fully saturated rings. The van der Waals surface area contributed by atoms with E-state index in [1.54, 1.807) is 45.0 Å². The molecule has 0 unspecified atom stereocenters. The summed E-state index contributed by atoms with van der Waals surface area (Å²) in [6, 6.07) is 5.70. The first-order valence-electron chi connectivity index (χ1n) is 12.2. The van der Waals surface area contributed by atoms with E-state index in [2.05, 4.69) is 10.6 Å². The molecule has 35 heavy (non-hydrogen) atoms. The first kappa shape index (κ1) is 25.2. The van der Waals surface area contributed by atoms with E-state index in [1.165, 1.54) is 4.90 Å². The Labute approximate surface area is 205 Å². The number of likely N-dealkylation sites (tertiary alicyclic amines) is 1. The van der Waals surface area contributed by atoms with E-state index in [9.17, 15) is 19.5 Å². The second-order valence-electron chi connectivity index (χ2n) is 10.4. The van der Waals surface area contributed by atoms with Gasteiger partial charge >= 0.3 is 6.09 Å². The standard InChI is InChI=1S/C25H35N3O7/c1-25(2,3)35-24(32)28-14-15-12-18(28)23(31)26-13-21-19(29)9-8-16(34-21)10-11-33-20-7-5-4-6-17(20)22(30)27-15/h4-7,15-16,18-19,21,29H,8-14H2,1-3H3,(H,26,31)(H,27,30)/t15-,16-,18-,19-,21+/m0/s1. The Morgan fingerprint density at radius 2 is 1.94 bits per heavy atom. The molecule has 4 bridgehead atoms. The zero-order valence-electron chi connectivity index (χ0n) is 20.5. The Morgan fingerprint density at radius 1 is 1.17 bits per heavy atom. The van der Waals surface area contributed by atoms with Crippen molar-refractivity contribution in [1.29, 1.82) is 0 Å². The van der Waals surface area contributed by atoms with E-state index in [0.717, 1.165) is 0 Å². The van der Waals surface area contributed by atoms with Crippen LogP contribution in [0.4, 0.5) is 4.79 Å². The van der Waals surface area contributed by atoms with Crippen LogP contribution in [0.5, 0.6) is 5.75 Å². The van der Waals surface area contributed by atoms with E-state index in [1.807, 2.05) is 0 Å². The van der Waals surface area contributed by atoms with Crippen molar-refractivity contribution in [3.8, 4) is 5.75 Å². The summed E-state index contributed by atoms with van der Waals surface area (Å²) in [4.78, 5) is 40.5. The molecule has 1 aromatic carbocycles. The molecule has 10 nitrogen and oxygen atoms in total. The second-order valence-corrected chi connectivity index (χ2v) is 10.4. The third-order valence-corrected chi connectivity index (χ3v) is 6.45. The van der Waals surface area contributed by atoms with Gasteiger partial charge < -0.3 is 30.0 Å². The van der Waals surface area contributed by atoms with Crippen LogP contribution < -0.4 is 15.4 Å². The molecule has 3 aliphatic heterocycles. The monoisotopic (exact) mass is 489 g/mol. The molecule has 2 saturated heterocycles. The normalized spacial score (nSPS) is 29.9. The average Bonchev–Trinajstić information content (AvgIpc) is 3.22. The van der Waals surface area contributed by atoms with Gasteiger partial charge in [-0.15, -0.1) is 0 Å². The lowest BCUT2D eigenvalue weighted by molar-refractivity contribution is -0.133. The minimum atomic E-state index is -0.828. The fourth-order valence-electron chi connectivity index (χ4n) is 4.72. The van der Waals surface area contributed by atoms with Crippen LogP contribution in [0.1, 0.15) is 56.8 Å². The Balaban J connectivity index is 1.59. The first-order valence-corrected chi connectivity index (χ1v) is 12.2. The zero-order valence-corrected chi connectivity index (χ0v) is 20.5. The van der Waals surface area contributed by atoms with E-state index in [0.29, 0.717) is 37.2 Å². The molecule has 0 aliphatic carbocycles. The molecule has 0 aromatic heterocycles. The van der Waals surface area contributed by atoms with Gasteiger partial charge in [-0.1, -0.05) is 12.1 Å². The van der Waals surface area contributed by atoms with Gasteiger partial charge in [0.15, 0.2) is 0 Å². The van der Waals surface area contributed by atoms with Gasteiger partial charge in [0, 0.05) is 25.6 Å². The number of fused-ring (bicyclic) bond motifs is 5. The van der Waals surface area contributed by atoms with Gasteiger partial charge in [0.2, 0.25) is 5.91 Å². The van der Waals surface area contributed by atoms with Gasteiger partial charge in [0.1, 0.15) is 23.5 Å². The van der Waals surface area contributed by atoms with Crippen molar-refractivity contribution in [2.45, 2.75) is 82.5 Å². The Kier molecular flexibility index (Phi) is 7.51. The van der Waals surface area contributed by atoms with Crippen molar-refractivity contribution >= 4 is 17.9 Å². The molecule has 0 saturated carbocycles. The molecule has 10 heteroatoms. The third kappa shape index (κ3) is 6.24. The second kappa shape index (κ2) is 10.4. The highest BCUT2D eigenvalue weighted by Gasteiger charge is 2.43. The molecule has 0 spiro atoms. The predicted molar refractivity (Wildman–Crippen MR) is 126 cm³/mol. The van der Waals surface area contributed by atoms with Crippen LogP contribution in [0.25, 0.3) is 0 Å². The fraction of sp³-hybridized carbons (Fsp3) is 0.640. The summed E-state index contributed by atoms with van der Waals surface area (Å²) >= 11 is 0. The van der Waals surface area contributed by atoms with E-state index < -0.39 is 36.0 Å². The first-order chi connectivity index (χ1) is 16.6. The lowest BCUT2D eigenvalue weighted by Crippen LogP contribution is -2.51. The quantitative estimate of drug-likeness (QED) is 0.505. The summed E-state index contributed by atoms with van der Waals surface area (Å²) in [6.45, 7) is 5.87. The molecule has 0 radical (unpaired) electrons. The minimum absolute atomic E-state index is 0.121. The zero-order chi connectivity index (χ0) is 25.2. The molecule has 3 N–H and O–H groups in total. The summed E-state index contributed by atoms with van der Waals surface area (Å²) in [5.74, 6) is -0.248. The largest absolute Gasteiger partial charge is 0.493 e. The number of benzene rings is 1. The van der Waals surface area contributed by atoms with Crippen LogP contribution in [0.3, 0.4) is 0 Å². The number of nitrogens with zero attached hydrogens (tertiary/aromatic N) is 1. The van der Waals surface area contributed by atoms with Gasteiger partial charge in [0.05, 0.1) is 24.4 Å². The van der Waals surface area contributed by atoms with Gasteiger partial charge in [0.25, 0.3) is 5.91 Å². The van der Waals surface area contributed by atoms with Gasteiger partial charge in [-0.3, -0.25) is 14.5 Å². The molecule has 3 heterocycles. The van der Waals surface area contributed by atoms with Crippen molar-refractivity contribution in [1.82, 2.24) is 15.5 Å². The third-order valence-electron chi connectivity index (χ3n) is 6.45. The number of amides is 3. The summed E-state index contributed by atoms with van der Waals surface area (Å²) in [5.41, 5.74) is -0.353. The number of carbonyl (C=O) groups excluding carboxylic acids is 3. The minimum Gasteiger partial charge on any atom is -0.493 e. The summed E-state index contributed by atoms with van der Waals surface area (Å²) in [7, 11) is 0. The molecule has 5 atom stereocenters. The molecule has 3 amide bonds. The number of aliphatic hydroxyl groups is 1. The van der Waals surface area contributed by atoms with Gasteiger partial charge in [-0.25, -0.2) is 4.79 Å². The van der Waals surface area contributed by atoms with Crippen LogP contribution in [0.15, 0.2) is 24.3 Å². The van der Waals surface area contributed by atoms with Crippen LogP contribution in [0.2, 0.25) is 0 Å². The van der Waals surface area contributed by atoms with Gasteiger partial charge in [-0.2, -0.15) is 0 Å². The highest BCUT2D eigenvalue weighted by molar-refractivity contribution is 5.97. The molecule has 3 aliphatic rings. The van der Waals surface area contributed by atoms with Crippen molar-refractivity contribution in [2.75, 3.05) is 19.7 Å². The number of rotatable bonds is 0. The Bertz CT molecular complexity index is 947. The number of para-hydroxylation sites is 1. The van der Waals surface area contributed by atoms with E-state index in [4.69, 9.17) is 14.2 Å². The van der Waals surface area contributed by atoms with Crippen molar-refractivity contribution in [2.24, 2.45) is 0 Å². The van der Waals surface area contributed by atoms with Crippen LogP contribution >= 0.6 is 0 Å². The maximum Gasteiger partial charge on any atom is 0.411 e. The maximum absolute atomic E-state index is 13.2. The van der Waals surface area contributed by atoms with Crippen molar-refractivity contribution in [3.63, 3.8) is 0 Å². The highest BCUT2D eigenvalue weighted by atomic mass is 16.6. The van der Waals surface area contributed by atoms with Crippen LogP contribution in [-0.4, -0.2) is 83.6 Å². The summed E-state index contributed by atoms with van der Waals surface area (Å²) in [6.07, 6.45) is 0.0531. The lowest BCUT2D eigenvalue weighted by Gasteiger charge is -2.34. The number of nitrogens with one attached hydrogen (secondary N) is 2. The number of hydrogen-bond acceptors (Lipinski definition) is 7. The van der Waals surface area contributed by atoms with E-state index in [-0.39, 0.29) is 37.4 Å². The number of carbonyl (C=O) groups is 3. The molecule has 1 aromatic rings.